The Balaban J connectivity index is 1.91. The highest BCUT2D eigenvalue weighted by Crippen LogP contribution is 2.30. The summed E-state index contributed by atoms with van der Waals surface area (Å²) in [5.41, 5.74) is 13.7. The van der Waals surface area contributed by atoms with E-state index < -0.39 is 0 Å². The van der Waals surface area contributed by atoms with Gasteiger partial charge in [-0.25, -0.2) is 0 Å². The number of nitrogens with zero attached hydrogens (tertiary/aromatic N) is 2. The molecule has 0 fully saturated rings. The quantitative estimate of drug-likeness (QED) is 0.414. The van der Waals surface area contributed by atoms with Gasteiger partial charge in [-0.3, -0.25) is 4.79 Å². The van der Waals surface area contributed by atoms with Crippen molar-refractivity contribution in [3.05, 3.63) is 51.4 Å². The van der Waals surface area contributed by atoms with E-state index >= 15 is 0 Å². The van der Waals surface area contributed by atoms with Gasteiger partial charge in [0.25, 0.3) is 5.91 Å². The maximum absolute atomic E-state index is 12.6. The lowest BCUT2D eigenvalue weighted by Crippen LogP contribution is -2.22. The summed E-state index contributed by atoms with van der Waals surface area (Å²) in [6.07, 6.45) is 2.35. The topological polar surface area (TPSA) is 119 Å². The molecule has 130 valence electrons. The minimum absolute atomic E-state index is 0.103. The summed E-state index contributed by atoms with van der Waals surface area (Å²) in [4.78, 5) is 12.6. The number of benzene rings is 1. The third-order valence-electron chi connectivity index (χ3n) is 3.92. The second-order valence-corrected chi connectivity index (χ2v) is 6.66. The summed E-state index contributed by atoms with van der Waals surface area (Å²) in [6.45, 7) is 1.84. The summed E-state index contributed by atoms with van der Waals surface area (Å²) in [5, 5.41) is 10.7. The zero-order valence-electron chi connectivity index (χ0n) is 13.7. The number of halogens is 1. The Labute approximate surface area is 153 Å². The molecule has 2 aromatic rings. The van der Waals surface area contributed by atoms with Crippen molar-refractivity contribution in [2.24, 2.45) is 21.7 Å². The van der Waals surface area contributed by atoms with E-state index in [0.29, 0.717) is 5.69 Å². The molecular weight excluding hydrogens is 386 g/mol. The second-order valence-electron chi connectivity index (χ2n) is 5.74. The molecule has 1 aromatic carbocycles. The molecule has 8 heteroatoms. The molecule has 0 bridgehead atoms. The summed E-state index contributed by atoms with van der Waals surface area (Å²) in [5.74, 6) is 0.630. The van der Waals surface area contributed by atoms with Crippen molar-refractivity contribution < 1.29 is 9.21 Å². The van der Waals surface area contributed by atoms with Gasteiger partial charge < -0.3 is 21.2 Å². The van der Waals surface area contributed by atoms with Gasteiger partial charge in [-0.05, 0) is 44.0 Å². The van der Waals surface area contributed by atoms with E-state index in [1.807, 2.05) is 31.2 Å². The molecule has 1 amide bonds. The monoisotopic (exact) mass is 403 g/mol. The third kappa shape index (κ3) is 3.74. The molecule has 0 unspecified atom stereocenters. The van der Waals surface area contributed by atoms with Crippen LogP contribution in [-0.2, 0) is 6.42 Å². The van der Waals surface area contributed by atoms with Gasteiger partial charge in [0.15, 0.2) is 5.76 Å². The first-order valence-electron chi connectivity index (χ1n) is 7.80. The molecule has 0 spiro atoms. The summed E-state index contributed by atoms with van der Waals surface area (Å²) in [7, 11) is 0. The van der Waals surface area contributed by atoms with E-state index in [1.165, 1.54) is 0 Å². The number of aryl methyl sites for hydroxylation is 1. The molecule has 0 aliphatic heterocycles. The van der Waals surface area contributed by atoms with Crippen LogP contribution in [0.2, 0.25) is 0 Å². The molecule has 0 radical (unpaired) electrons. The first kappa shape index (κ1) is 17.2. The van der Waals surface area contributed by atoms with E-state index in [9.17, 15) is 4.79 Å². The number of nitrogens with one attached hydrogen (secondary N) is 1. The van der Waals surface area contributed by atoms with E-state index in [-0.39, 0.29) is 17.6 Å². The van der Waals surface area contributed by atoms with Gasteiger partial charge in [-0.2, -0.15) is 5.10 Å². The molecule has 25 heavy (non-hydrogen) atoms. The first-order valence-corrected chi connectivity index (χ1v) is 8.60. The highest BCUT2D eigenvalue weighted by Gasteiger charge is 2.28. The number of anilines is 1. The Bertz CT molecular complexity index is 864. The molecular formula is C17H18BrN5O2. The molecule has 0 saturated carbocycles. The standard InChI is InChI=1S/C17H18BrN5O2/c1-9-14-12(22-23-17(19)20)3-2-4-13(14)25-15(9)16(24)21-11-7-5-10(18)6-8-11/h5-8H,2-4H2,1H3,(H,21,24)(H4,19,20,23)/b22-12+. The third-order valence-corrected chi connectivity index (χ3v) is 4.45. The van der Waals surface area contributed by atoms with Crippen molar-refractivity contribution in [2.45, 2.75) is 26.2 Å². The molecule has 5 N–H and O–H groups in total. The number of carbonyl (C=O) groups is 1. The van der Waals surface area contributed by atoms with Crippen LogP contribution < -0.4 is 16.8 Å². The number of hydrogen-bond donors (Lipinski definition) is 3. The fourth-order valence-electron chi connectivity index (χ4n) is 2.82. The fourth-order valence-corrected chi connectivity index (χ4v) is 3.09. The summed E-state index contributed by atoms with van der Waals surface area (Å²) >= 11 is 3.37. The van der Waals surface area contributed by atoms with Crippen molar-refractivity contribution >= 4 is 39.2 Å². The molecule has 1 heterocycles. The van der Waals surface area contributed by atoms with Gasteiger partial charge >= 0.3 is 0 Å². The van der Waals surface area contributed by atoms with Crippen molar-refractivity contribution in [3.8, 4) is 0 Å². The number of fused-ring (bicyclic) bond motifs is 1. The Morgan fingerprint density at radius 2 is 1.96 bits per heavy atom. The maximum Gasteiger partial charge on any atom is 0.291 e. The van der Waals surface area contributed by atoms with Crippen molar-refractivity contribution in [2.75, 3.05) is 5.32 Å². The van der Waals surface area contributed by atoms with E-state index in [2.05, 4.69) is 31.4 Å². The van der Waals surface area contributed by atoms with E-state index in [1.54, 1.807) is 0 Å². The van der Waals surface area contributed by atoms with Crippen LogP contribution in [0, 0.1) is 6.92 Å². The number of guanidine groups is 1. The van der Waals surface area contributed by atoms with Crippen LogP contribution in [0.15, 0.2) is 43.4 Å². The molecule has 1 aliphatic carbocycles. The second kappa shape index (κ2) is 7.10. The predicted octanol–water partition coefficient (Wildman–Crippen LogP) is 2.92. The molecule has 0 saturated heterocycles. The van der Waals surface area contributed by atoms with Crippen LogP contribution in [0.3, 0.4) is 0 Å². The first-order chi connectivity index (χ1) is 12.0. The van der Waals surface area contributed by atoms with Crippen LogP contribution in [0.5, 0.6) is 0 Å². The van der Waals surface area contributed by atoms with Gasteiger partial charge in [0.2, 0.25) is 5.96 Å². The Kier molecular flexibility index (Phi) is 4.89. The van der Waals surface area contributed by atoms with Crippen LogP contribution in [0.25, 0.3) is 0 Å². The maximum atomic E-state index is 12.6. The minimum atomic E-state index is -0.296. The average molecular weight is 404 g/mol. The highest BCUT2D eigenvalue weighted by atomic mass is 79.9. The summed E-state index contributed by atoms with van der Waals surface area (Å²) < 4.78 is 6.76. The van der Waals surface area contributed by atoms with Crippen LogP contribution in [-0.4, -0.2) is 17.6 Å². The van der Waals surface area contributed by atoms with Gasteiger partial charge in [0.1, 0.15) is 5.76 Å². The normalized spacial score (nSPS) is 14.9. The van der Waals surface area contributed by atoms with Crippen LogP contribution >= 0.6 is 15.9 Å². The van der Waals surface area contributed by atoms with Gasteiger partial charge in [-0.15, -0.1) is 5.10 Å². The Morgan fingerprint density at radius 1 is 1.24 bits per heavy atom. The lowest BCUT2D eigenvalue weighted by molar-refractivity contribution is 0.0994. The predicted molar refractivity (Wildman–Crippen MR) is 101 cm³/mol. The number of nitrogens with two attached hydrogens (primary N) is 2. The Hall–Kier alpha value is -2.61. The zero-order valence-corrected chi connectivity index (χ0v) is 15.3. The molecule has 7 nitrogen and oxygen atoms in total. The fraction of sp³-hybridized carbons (Fsp3) is 0.235. The average Bonchev–Trinajstić information content (AvgIpc) is 2.93. The zero-order chi connectivity index (χ0) is 18.0. The highest BCUT2D eigenvalue weighted by molar-refractivity contribution is 9.10. The molecule has 1 aromatic heterocycles. The number of rotatable bonds is 3. The van der Waals surface area contributed by atoms with Gasteiger partial charge in [0, 0.05) is 27.7 Å². The van der Waals surface area contributed by atoms with Crippen molar-refractivity contribution in [3.63, 3.8) is 0 Å². The molecule has 3 rings (SSSR count). The molecule has 1 aliphatic rings. The van der Waals surface area contributed by atoms with Crippen molar-refractivity contribution in [1.82, 2.24) is 0 Å². The van der Waals surface area contributed by atoms with Crippen molar-refractivity contribution in [1.29, 1.82) is 0 Å². The Morgan fingerprint density at radius 3 is 2.64 bits per heavy atom. The lowest BCUT2D eigenvalue weighted by Gasteiger charge is -2.11. The molecule has 0 atom stereocenters. The smallest absolute Gasteiger partial charge is 0.291 e. The lowest BCUT2D eigenvalue weighted by atomic mass is 9.93. The van der Waals surface area contributed by atoms with Crippen LogP contribution in [0.1, 0.15) is 40.3 Å². The number of furan rings is 1. The largest absolute Gasteiger partial charge is 0.455 e. The van der Waals surface area contributed by atoms with E-state index in [0.717, 1.165) is 46.3 Å². The van der Waals surface area contributed by atoms with Gasteiger partial charge in [-0.1, -0.05) is 15.9 Å². The van der Waals surface area contributed by atoms with Crippen LogP contribution in [0.4, 0.5) is 5.69 Å². The number of hydrogen-bond acceptors (Lipinski definition) is 4. The number of carbonyl (C=O) groups excluding carboxylic acids is 1. The summed E-state index contributed by atoms with van der Waals surface area (Å²) in [6, 6.07) is 7.34. The van der Waals surface area contributed by atoms with E-state index in [4.69, 9.17) is 15.9 Å². The SMILES string of the molecule is Cc1c(C(=O)Nc2ccc(Br)cc2)oc2c1/C(=N/N=C(N)N)CCC2. The number of amides is 1. The van der Waals surface area contributed by atoms with Gasteiger partial charge in [0.05, 0.1) is 5.71 Å². The minimum Gasteiger partial charge on any atom is -0.455 e.